The molecule has 0 unspecified atom stereocenters. The Morgan fingerprint density at radius 2 is 2.07 bits per heavy atom. The largest absolute Gasteiger partial charge is 0.472 e. The number of furan rings is 1. The first-order valence-electron chi connectivity index (χ1n) is 5.76. The molecule has 0 aliphatic carbocycles. The number of aryl methyl sites for hydroxylation is 1. The summed E-state index contributed by atoms with van der Waals surface area (Å²) < 4.78 is 10.3. The lowest BCUT2D eigenvalue weighted by Crippen LogP contribution is -2.36. The Morgan fingerprint density at radius 3 is 2.80 bits per heavy atom. The van der Waals surface area contributed by atoms with Gasteiger partial charge in [0, 0.05) is 13.1 Å². The zero-order valence-corrected chi connectivity index (χ0v) is 9.15. The predicted octanol–water partition coefficient (Wildman–Crippen LogP) is 1.93. The van der Waals surface area contributed by atoms with Crippen molar-refractivity contribution in [3.8, 4) is 0 Å². The molecule has 84 valence electrons. The second kappa shape index (κ2) is 5.93. The van der Waals surface area contributed by atoms with Gasteiger partial charge in [-0.05, 0) is 37.4 Å². The van der Waals surface area contributed by atoms with Crippen LogP contribution in [0.5, 0.6) is 0 Å². The van der Waals surface area contributed by atoms with Gasteiger partial charge in [-0.15, -0.1) is 0 Å². The topological polar surface area (TPSA) is 25.6 Å². The summed E-state index contributed by atoms with van der Waals surface area (Å²) in [5, 5.41) is 0. The minimum Gasteiger partial charge on any atom is -0.472 e. The molecule has 0 atom stereocenters. The summed E-state index contributed by atoms with van der Waals surface area (Å²) in [6.07, 6.45) is 7.24. The highest BCUT2D eigenvalue weighted by atomic mass is 16.5. The van der Waals surface area contributed by atoms with Crippen LogP contribution in [0.4, 0.5) is 0 Å². The second-order valence-electron chi connectivity index (χ2n) is 4.04. The van der Waals surface area contributed by atoms with Crippen LogP contribution in [0.3, 0.4) is 0 Å². The molecule has 1 aliphatic rings. The van der Waals surface area contributed by atoms with Crippen LogP contribution >= 0.6 is 0 Å². The van der Waals surface area contributed by atoms with E-state index in [0.29, 0.717) is 0 Å². The Bertz CT molecular complexity index is 253. The average molecular weight is 209 g/mol. The fraction of sp³-hybridized carbons (Fsp3) is 0.667. The molecule has 0 amide bonds. The van der Waals surface area contributed by atoms with Crippen molar-refractivity contribution < 1.29 is 9.15 Å². The van der Waals surface area contributed by atoms with Gasteiger partial charge in [0.2, 0.25) is 0 Å². The normalized spacial score (nSPS) is 18.1. The molecule has 1 saturated heterocycles. The lowest BCUT2D eigenvalue weighted by atomic mass is 10.1. The fourth-order valence-corrected chi connectivity index (χ4v) is 1.92. The fourth-order valence-electron chi connectivity index (χ4n) is 1.92. The van der Waals surface area contributed by atoms with Gasteiger partial charge in [-0.3, -0.25) is 4.90 Å². The molecular formula is C12H19NO2. The summed E-state index contributed by atoms with van der Waals surface area (Å²) in [5.41, 5.74) is 1.32. The SMILES string of the molecule is c1cc(CCCCN2CCOCC2)co1. The molecule has 3 nitrogen and oxygen atoms in total. The van der Waals surface area contributed by atoms with Gasteiger partial charge < -0.3 is 9.15 Å². The summed E-state index contributed by atoms with van der Waals surface area (Å²) in [5.74, 6) is 0. The van der Waals surface area contributed by atoms with Crippen molar-refractivity contribution in [2.45, 2.75) is 19.3 Å². The van der Waals surface area contributed by atoms with E-state index in [1.165, 1.54) is 24.9 Å². The molecule has 0 saturated carbocycles. The summed E-state index contributed by atoms with van der Waals surface area (Å²) in [7, 11) is 0. The van der Waals surface area contributed by atoms with Crippen molar-refractivity contribution in [3.05, 3.63) is 24.2 Å². The number of nitrogens with zero attached hydrogens (tertiary/aromatic N) is 1. The molecule has 1 aromatic rings. The van der Waals surface area contributed by atoms with Crippen molar-refractivity contribution in [2.24, 2.45) is 0 Å². The van der Waals surface area contributed by atoms with Crippen LogP contribution < -0.4 is 0 Å². The molecule has 2 heterocycles. The van der Waals surface area contributed by atoms with Crippen LogP contribution in [0.15, 0.2) is 23.0 Å². The van der Waals surface area contributed by atoms with Crippen LogP contribution in [0.1, 0.15) is 18.4 Å². The van der Waals surface area contributed by atoms with Gasteiger partial charge in [0.1, 0.15) is 0 Å². The number of hydrogen-bond acceptors (Lipinski definition) is 3. The van der Waals surface area contributed by atoms with Crippen LogP contribution in [0.2, 0.25) is 0 Å². The van der Waals surface area contributed by atoms with Gasteiger partial charge in [0.05, 0.1) is 25.7 Å². The van der Waals surface area contributed by atoms with Crippen molar-refractivity contribution in [1.82, 2.24) is 4.90 Å². The minimum absolute atomic E-state index is 0.904. The molecule has 1 aliphatic heterocycles. The lowest BCUT2D eigenvalue weighted by Gasteiger charge is -2.26. The maximum atomic E-state index is 5.31. The Morgan fingerprint density at radius 1 is 1.20 bits per heavy atom. The smallest absolute Gasteiger partial charge is 0.0934 e. The quantitative estimate of drug-likeness (QED) is 0.693. The van der Waals surface area contributed by atoms with E-state index in [1.807, 2.05) is 6.26 Å². The Labute approximate surface area is 91.0 Å². The van der Waals surface area contributed by atoms with E-state index in [1.54, 1.807) is 6.26 Å². The standard InChI is InChI=1S/C12H19NO2/c1(3-12-4-8-15-11-12)2-5-13-6-9-14-10-7-13/h4,8,11H,1-3,5-7,9-10H2. The maximum Gasteiger partial charge on any atom is 0.0934 e. The van der Waals surface area contributed by atoms with Crippen molar-refractivity contribution in [3.63, 3.8) is 0 Å². The zero-order valence-electron chi connectivity index (χ0n) is 9.15. The summed E-state index contributed by atoms with van der Waals surface area (Å²) in [6.45, 7) is 5.22. The molecular weight excluding hydrogens is 190 g/mol. The summed E-state index contributed by atoms with van der Waals surface area (Å²) >= 11 is 0. The van der Waals surface area contributed by atoms with Crippen molar-refractivity contribution in [2.75, 3.05) is 32.8 Å². The van der Waals surface area contributed by atoms with E-state index < -0.39 is 0 Å². The molecule has 1 fully saturated rings. The van der Waals surface area contributed by atoms with Gasteiger partial charge in [-0.25, -0.2) is 0 Å². The monoisotopic (exact) mass is 209 g/mol. The molecule has 1 aromatic heterocycles. The highest BCUT2D eigenvalue weighted by Crippen LogP contribution is 2.06. The van der Waals surface area contributed by atoms with Crippen LogP contribution in [0.25, 0.3) is 0 Å². The van der Waals surface area contributed by atoms with Crippen LogP contribution in [0, 0.1) is 0 Å². The molecule has 0 aromatic carbocycles. The Balaban J connectivity index is 1.54. The number of unbranched alkanes of at least 4 members (excludes halogenated alkanes) is 1. The van der Waals surface area contributed by atoms with Crippen LogP contribution in [-0.4, -0.2) is 37.7 Å². The Kier molecular flexibility index (Phi) is 4.23. The maximum absolute atomic E-state index is 5.31. The van der Waals surface area contributed by atoms with E-state index in [-0.39, 0.29) is 0 Å². The highest BCUT2D eigenvalue weighted by Gasteiger charge is 2.08. The third kappa shape index (κ3) is 3.68. The highest BCUT2D eigenvalue weighted by molar-refractivity contribution is 5.04. The zero-order chi connectivity index (χ0) is 10.3. The lowest BCUT2D eigenvalue weighted by molar-refractivity contribution is 0.0372. The van der Waals surface area contributed by atoms with Gasteiger partial charge in [0.15, 0.2) is 0 Å². The summed E-state index contributed by atoms with van der Waals surface area (Å²) in [6, 6.07) is 2.05. The van der Waals surface area contributed by atoms with E-state index in [4.69, 9.17) is 9.15 Å². The number of morpholine rings is 1. The number of ether oxygens (including phenoxy) is 1. The molecule has 0 bridgehead atoms. The first-order chi connectivity index (χ1) is 7.45. The average Bonchev–Trinajstić information content (AvgIpc) is 2.79. The van der Waals surface area contributed by atoms with Gasteiger partial charge in [-0.1, -0.05) is 0 Å². The molecule has 15 heavy (non-hydrogen) atoms. The van der Waals surface area contributed by atoms with Gasteiger partial charge >= 0.3 is 0 Å². The van der Waals surface area contributed by atoms with Gasteiger partial charge in [0.25, 0.3) is 0 Å². The first-order valence-corrected chi connectivity index (χ1v) is 5.76. The van der Waals surface area contributed by atoms with Gasteiger partial charge in [-0.2, -0.15) is 0 Å². The van der Waals surface area contributed by atoms with E-state index in [2.05, 4.69) is 11.0 Å². The molecule has 2 rings (SSSR count). The molecule has 0 spiro atoms. The van der Waals surface area contributed by atoms with E-state index in [0.717, 1.165) is 32.7 Å². The third-order valence-electron chi connectivity index (χ3n) is 2.87. The van der Waals surface area contributed by atoms with E-state index in [9.17, 15) is 0 Å². The number of hydrogen-bond donors (Lipinski definition) is 0. The third-order valence-corrected chi connectivity index (χ3v) is 2.87. The molecule has 0 radical (unpaired) electrons. The second-order valence-corrected chi connectivity index (χ2v) is 4.04. The van der Waals surface area contributed by atoms with Crippen molar-refractivity contribution in [1.29, 1.82) is 0 Å². The van der Waals surface area contributed by atoms with Crippen molar-refractivity contribution >= 4 is 0 Å². The minimum atomic E-state index is 0.904. The molecule has 3 heteroatoms. The summed E-state index contributed by atoms with van der Waals surface area (Å²) in [4.78, 5) is 2.48. The Hall–Kier alpha value is -0.800. The predicted molar refractivity (Wildman–Crippen MR) is 58.9 cm³/mol. The van der Waals surface area contributed by atoms with E-state index >= 15 is 0 Å². The molecule has 0 N–H and O–H groups in total. The van der Waals surface area contributed by atoms with Crippen LogP contribution in [-0.2, 0) is 11.2 Å². The first kappa shape index (κ1) is 10.7. The number of rotatable bonds is 5.